The van der Waals surface area contributed by atoms with Gasteiger partial charge in [0.25, 0.3) is 0 Å². The molecule has 1 aromatic carbocycles. The number of benzene rings is 1. The van der Waals surface area contributed by atoms with Gasteiger partial charge in [-0.05, 0) is 26.0 Å². The van der Waals surface area contributed by atoms with Crippen LogP contribution in [-0.2, 0) is 6.54 Å². The lowest BCUT2D eigenvalue weighted by molar-refractivity contribution is 0.103. The van der Waals surface area contributed by atoms with E-state index in [9.17, 15) is 4.79 Å². The van der Waals surface area contributed by atoms with E-state index in [-0.39, 0.29) is 11.9 Å². The smallest absolute Gasteiger partial charge is 0.213 e. The molecule has 5 nitrogen and oxygen atoms in total. The molecule has 0 spiro atoms. The van der Waals surface area contributed by atoms with Crippen LogP contribution in [0.15, 0.2) is 36.8 Å². The molecule has 2 N–H and O–H groups in total. The molecule has 0 atom stereocenters. The van der Waals surface area contributed by atoms with Crippen molar-refractivity contribution in [2.45, 2.75) is 26.5 Å². The maximum atomic E-state index is 12.3. The van der Waals surface area contributed by atoms with Crippen LogP contribution in [0, 0.1) is 0 Å². The number of rotatable bonds is 6. The van der Waals surface area contributed by atoms with Crippen LogP contribution in [0.4, 0.5) is 0 Å². The normalized spacial score (nSPS) is 10.8. The number of aromatic nitrogens is 2. The highest BCUT2D eigenvalue weighted by Crippen LogP contribution is 2.17. The van der Waals surface area contributed by atoms with Gasteiger partial charge in [-0.3, -0.25) is 4.79 Å². The molecule has 0 unspecified atom stereocenters. The summed E-state index contributed by atoms with van der Waals surface area (Å²) in [5.74, 6) is 0.571. The molecule has 106 valence electrons. The second kappa shape index (κ2) is 6.34. The van der Waals surface area contributed by atoms with Crippen LogP contribution < -0.4 is 10.5 Å². The second-order valence-electron chi connectivity index (χ2n) is 4.81. The van der Waals surface area contributed by atoms with E-state index in [1.54, 1.807) is 24.7 Å². The summed E-state index contributed by atoms with van der Waals surface area (Å²) < 4.78 is 7.40. The Balaban J connectivity index is 2.19. The van der Waals surface area contributed by atoms with Crippen LogP contribution in [0.25, 0.3) is 0 Å². The van der Waals surface area contributed by atoms with Crippen LogP contribution in [0.1, 0.15) is 29.9 Å². The topological polar surface area (TPSA) is 70.1 Å². The Labute approximate surface area is 118 Å². The molecule has 20 heavy (non-hydrogen) atoms. The van der Waals surface area contributed by atoms with Crippen molar-refractivity contribution < 1.29 is 9.53 Å². The van der Waals surface area contributed by atoms with Crippen molar-refractivity contribution in [1.82, 2.24) is 9.55 Å². The number of hydrogen-bond acceptors (Lipinski definition) is 4. The van der Waals surface area contributed by atoms with E-state index in [1.807, 2.05) is 30.5 Å². The minimum atomic E-state index is -0.116. The number of ketones is 1. The van der Waals surface area contributed by atoms with Gasteiger partial charge in [0.05, 0.1) is 12.4 Å². The van der Waals surface area contributed by atoms with Crippen molar-refractivity contribution in [3.05, 3.63) is 48.0 Å². The summed E-state index contributed by atoms with van der Waals surface area (Å²) in [6.45, 7) is 5.06. The molecule has 1 aromatic heterocycles. The van der Waals surface area contributed by atoms with E-state index in [0.717, 1.165) is 0 Å². The Morgan fingerprint density at radius 2 is 2.25 bits per heavy atom. The number of nitrogens with zero attached hydrogens (tertiary/aromatic N) is 2. The largest absolute Gasteiger partial charge is 0.491 e. The van der Waals surface area contributed by atoms with Crippen LogP contribution in [0.3, 0.4) is 0 Å². The third-order valence-corrected chi connectivity index (χ3v) is 2.72. The Morgan fingerprint density at radius 1 is 1.45 bits per heavy atom. The predicted molar refractivity (Wildman–Crippen MR) is 76.9 cm³/mol. The third-order valence-electron chi connectivity index (χ3n) is 2.72. The highest BCUT2D eigenvalue weighted by molar-refractivity contribution is 6.07. The van der Waals surface area contributed by atoms with Gasteiger partial charge in [0.2, 0.25) is 5.78 Å². The first-order valence-electron chi connectivity index (χ1n) is 6.63. The van der Waals surface area contributed by atoms with E-state index >= 15 is 0 Å². The zero-order valence-electron chi connectivity index (χ0n) is 11.7. The Hall–Kier alpha value is -2.14. The molecule has 0 aliphatic carbocycles. The summed E-state index contributed by atoms with van der Waals surface area (Å²) in [5, 5.41) is 0. The molecule has 2 rings (SSSR count). The van der Waals surface area contributed by atoms with Gasteiger partial charge < -0.3 is 15.0 Å². The van der Waals surface area contributed by atoms with E-state index in [4.69, 9.17) is 10.5 Å². The maximum Gasteiger partial charge on any atom is 0.213 e. The lowest BCUT2D eigenvalue weighted by Crippen LogP contribution is -2.08. The number of ether oxygens (including phenoxy) is 1. The first kappa shape index (κ1) is 14.3. The summed E-state index contributed by atoms with van der Waals surface area (Å²) in [6, 6.07) is 7.15. The SMILES string of the molecule is CC(C)Oc1cccc(C(=O)c2cn(CCN)cn2)c1. The minimum absolute atomic E-state index is 0.0733. The van der Waals surface area contributed by atoms with E-state index < -0.39 is 0 Å². The summed E-state index contributed by atoms with van der Waals surface area (Å²) in [5.41, 5.74) is 6.46. The second-order valence-corrected chi connectivity index (χ2v) is 4.81. The maximum absolute atomic E-state index is 12.3. The van der Waals surface area contributed by atoms with Gasteiger partial charge in [-0.15, -0.1) is 0 Å². The average molecular weight is 273 g/mol. The van der Waals surface area contributed by atoms with Gasteiger partial charge in [-0.2, -0.15) is 0 Å². The Bertz CT molecular complexity index is 590. The van der Waals surface area contributed by atoms with Gasteiger partial charge >= 0.3 is 0 Å². The molecule has 1 heterocycles. The quantitative estimate of drug-likeness (QED) is 0.816. The number of carbonyl (C=O) groups excluding carboxylic acids is 1. The monoisotopic (exact) mass is 273 g/mol. The zero-order valence-corrected chi connectivity index (χ0v) is 11.7. The average Bonchev–Trinajstić information content (AvgIpc) is 2.86. The zero-order chi connectivity index (χ0) is 14.5. The Morgan fingerprint density at radius 3 is 2.95 bits per heavy atom. The molecule has 0 radical (unpaired) electrons. The summed E-state index contributed by atoms with van der Waals surface area (Å²) in [7, 11) is 0. The van der Waals surface area contributed by atoms with Gasteiger partial charge in [0, 0.05) is 24.8 Å². The van der Waals surface area contributed by atoms with Crippen LogP contribution in [0.2, 0.25) is 0 Å². The molecule has 0 saturated heterocycles. The van der Waals surface area contributed by atoms with Gasteiger partial charge in [-0.1, -0.05) is 12.1 Å². The minimum Gasteiger partial charge on any atom is -0.491 e. The van der Waals surface area contributed by atoms with Crippen molar-refractivity contribution in [2.24, 2.45) is 5.73 Å². The molecule has 0 aliphatic heterocycles. The highest BCUT2D eigenvalue weighted by Gasteiger charge is 2.13. The number of hydrogen-bond donors (Lipinski definition) is 1. The molecule has 0 aliphatic rings. The summed E-state index contributed by atoms with van der Waals surface area (Å²) in [4.78, 5) is 16.5. The summed E-state index contributed by atoms with van der Waals surface area (Å²) in [6.07, 6.45) is 3.41. The van der Waals surface area contributed by atoms with Crippen molar-refractivity contribution >= 4 is 5.78 Å². The molecule has 5 heteroatoms. The van der Waals surface area contributed by atoms with Crippen molar-refractivity contribution in [2.75, 3.05) is 6.54 Å². The fourth-order valence-corrected chi connectivity index (χ4v) is 1.88. The van der Waals surface area contributed by atoms with Gasteiger partial charge in [0.1, 0.15) is 11.4 Å². The van der Waals surface area contributed by atoms with Crippen molar-refractivity contribution in [3.8, 4) is 5.75 Å². The standard InChI is InChI=1S/C15H19N3O2/c1-11(2)20-13-5-3-4-12(8-13)15(19)14-9-18(7-6-16)10-17-14/h3-5,8-11H,6-7,16H2,1-2H3. The molecule has 0 fully saturated rings. The first-order valence-corrected chi connectivity index (χ1v) is 6.63. The molecule has 0 amide bonds. The van der Waals surface area contributed by atoms with E-state index in [1.165, 1.54) is 0 Å². The van der Waals surface area contributed by atoms with E-state index in [2.05, 4.69) is 4.98 Å². The van der Waals surface area contributed by atoms with Crippen LogP contribution in [0.5, 0.6) is 5.75 Å². The number of nitrogens with two attached hydrogens (primary N) is 1. The van der Waals surface area contributed by atoms with Crippen molar-refractivity contribution in [1.29, 1.82) is 0 Å². The molecular weight excluding hydrogens is 254 g/mol. The van der Waals surface area contributed by atoms with Crippen LogP contribution >= 0.6 is 0 Å². The van der Waals surface area contributed by atoms with E-state index in [0.29, 0.717) is 30.1 Å². The number of carbonyl (C=O) groups is 1. The number of imidazole rings is 1. The van der Waals surface area contributed by atoms with Crippen LogP contribution in [-0.4, -0.2) is 28.0 Å². The third kappa shape index (κ3) is 3.45. The fourth-order valence-electron chi connectivity index (χ4n) is 1.88. The lowest BCUT2D eigenvalue weighted by atomic mass is 10.1. The highest BCUT2D eigenvalue weighted by atomic mass is 16.5. The Kier molecular flexibility index (Phi) is 4.53. The van der Waals surface area contributed by atoms with Crippen molar-refractivity contribution in [3.63, 3.8) is 0 Å². The first-order chi connectivity index (χ1) is 9.60. The molecular formula is C15H19N3O2. The molecule has 0 saturated carbocycles. The van der Waals surface area contributed by atoms with Gasteiger partial charge in [-0.25, -0.2) is 4.98 Å². The van der Waals surface area contributed by atoms with Gasteiger partial charge in [0.15, 0.2) is 0 Å². The predicted octanol–water partition coefficient (Wildman–Crippen LogP) is 1.86. The fraction of sp³-hybridized carbons (Fsp3) is 0.333. The summed E-state index contributed by atoms with van der Waals surface area (Å²) >= 11 is 0. The molecule has 0 bridgehead atoms. The lowest BCUT2D eigenvalue weighted by Gasteiger charge is -2.10. The molecule has 2 aromatic rings.